The molecule has 0 saturated heterocycles. The van der Waals surface area contributed by atoms with Crippen LogP contribution in [0.2, 0.25) is 0 Å². The van der Waals surface area contributed by atoms with Gasteiger partial charge in [0.05, 0.1) is 0 Å². The van der Waals surface area contributed by atoms with E-state index in [0.29, 0.717) is 11.5 Å². The summed E-state index contributed by atoms with van der Waals surface area (Å²) in [4.78, 5) is 36.8. The summed E-state index contributed by atoms with van der Waals surface area (Å²) >= 11 is 0. The third kappa shape index (κ3) is 4.42. The number of carbonyl (C=O) groups excluding carboxylic acids is 2. The van der Waals surface area contributed by atoms with Crippen LogP contribution in [0.3, 0.4) is 0 Å². The fourth-order valence-corrected chi connectivity index (χ4v) is 6.75. The number of Topliss-reactive ketones (excluding diaryl/α,β-unsaturated/α-hetero) is 1. The molecule has 5 heterocycles. The van der Waals surface area contributed by atoms with Gasteiger partial charge in [-0.05, 0) is 48.4 Å². The van der Waals surface area contributed by atoms with Crippen LogP contribution in [0.25, 0.3) is 11.6 Å². The summed E-state index contributed by atoms with van der Waals surface area (Å²) in [5, 5.41) is 27.0. The molecular formula is C35H35N5O6. The van der Waals surface area contributed by atoms with Crippen LogP contribution in [0.5, 0.6) is 5.75 Å². The quantitative estimate of drug-likeness (QED) is 0.271. The van der Waals surface area contributed by atoms with E-state index >= 15 is 0 Å². The molecular weight excluding hydrogens is 586 g/mol. The van der Waals surface area contributed by atoms with E-state index in [4.69, 9.17) is 18.6 Å². The van der Waals surface area contributed by atoms with Gasteiger partial charge in [0.15, 0.2) is 29.2 Å². The molecule has 11 nitrogen and oxygen atoms in total. The molecule has 0 radical (unpaired) electrons. The van der Waals surface area contributed by atoms with Crippen LogP contribution in [-0.2, 0) is 21.4 Å². The molecule has 1 spiro atoms. The summed E-state index contributed by atoms with van der Waals surface area (Å²) in [5.74, 6) is -0.194. The molecule has 2 aromatic heterocycles. The van der Waals surface area contributed by atoms with E-state index in [1.54, 1.807) is 6.92 Å². The van der Waals surface area contributed by atoms with Crippen molar-refractivity contribution in [2.45, 2.75) is 77.2 Å². The third-order valence-corrected chi connectivity index (χ3v) is 9.54. The summed E-state index contributed by atoms with van der Waals surface area (Å²) in [6.07, 6.45) is 0.979. The zero-order valence-corrected chi connectivity index (χ0v) is 26.3. The van der Waals surface area contributed by atoms with Crippen molar-refractivity contribution in [1.29, 1.82) is 5.26 Å². The highest BCUT2D eigenvalue weighted by molar-refractivity contribution is 5.91. The lowest BCUT2D eigenvalue weighted by atomic mass is 9.72. The zero-order chi connectivity index (χ0) is 32.6. The molecule has 7 rings (SSSR count). The topological polar surface area (TPSA) is 164 Å². The molecule has 0 saturated carbocycles. The molecule has 4 bridgehead atoms. The number of hydrogen-bond acceptors (Lipinski definition) is 10. The Bertz CT molecular complexity index is 1930. The highest BCUT2D eigenvalue weighted by Crippen LogP contribution is 2.59. The van der Waals surface area contributed by atoms with Crippen molar-refractivity contribution in [3.63, 3.8) is 0 Å². The molecule has 2 aromatic carbocycles. The van der Waals surface area contributed by atoms with Crippen molar-refractivity contribution >= 4 is 17.4 Å². The average Bonchev–Trinajstić information content (AvgIpc) is 3.79. The Balaban J connectivity index is 1.51. The van der Waals surface area contributed by atoms with Crippen LogP contribution in [-0.4, -0.2) is 38.6 Å². The van der Waals surface area contributed by atoms with Crippen LogP contribution in [0, 0.1) is 22.7 Å². The highest BCUT2D eigenvalue weighted by Gasteiger charge is 2.61. The van der Waals surface area contributed by atoms with Gasteiger partial charge in [-0.15, -0.1) is 0 Å². The SMILES string of the molecule is CCC(C)(O)C(=O)CC1Cc2ccc3c(c2)C2(c4ccccc4N[C@H]2O3)c2oc(nc2-c2nc(C#N)co2)[C@H](C(C)(C)C)NC1=O. The number of carbonyl (C=O) groups is 2. The van der Waals surface area contributed by atoms with E-state index in [0.717, 1.165) is 22.4 Å². The number of nitriles is 1. The zero-order valence-electron chi connectivity index (χ0n) is 26.3. The van der Waals surface area contributed by atoms with Gasteiger partial charge in [0.1, 0.15) is 35.1 Å². The molecule has 0 fully saturated rings. The average molecular weight is 622 g/mol. The van der Waals surface area contributed by atoms with Gasteiger partial charge in [-0.2, -0.15) is 10.2 Å². The first-order chi connectivity index (χ1) is 21.9. The van der Waals surface area contributed by atoms with Gasteiger partial charge >= 0.3 is 0 Å². The number of ether oxygens (including phenoxy) is 1. The number of fused-ring (bicyclic) bond motifs is 4. The summed E-state index contributed by atoms with van der Waals surface area (Å²) in [5.41, 5.74) is 0.537. The fraction of sp³-hybridized carbons (Fsp3) is 0.400. The second kappa shape index (κ2) is 10.3. The van der Waals surface area contributed by atoms with E-state index in [9.17, 15) is 20.0 Å². The number of oxazole rings is 2. The van der Waals surface area contributed by atoms with Crippen LogP contribution in [0.15, 0.2) is 57.6 Å². The van der Waals surface area contributed by atoms with Gasteiger partial charge in [0, 0.05) is 23.6 Å². The van der Waals surface area contributed by atoms with Gasteiger partial charge < -0.3 is 29.3 Å². The largest absolute Gasteiger partial charge is 0.469 e. The van der Waals surface area contributed by atoms with Crippen molar-refractivity contribution in [1.82, 2.24) is 15.3 Å². The predicted molar refractivity (Wildman–Crippen MR) is 166 cm³/mol. The molecule has 1 amide bonds. The van der Waals surface area contributed by atoms with Crippen molar-refractivity contribution < 1.29 is 28.3 Å². The Morgan fingerprint density at radius 3 is 2.63 bits per heavy atom. The van der Waals surface area contributed by atoms with Crippen molar-refractivity contribution in [2.24, 2.45) is 11.3 Å². The second-order valence-electron chi connectivity index (χ2n) is 13.7. The molecule has 3 aliphatic rings. The Hall–Kier alpha value is -4.95. The molecule has 5 atom stereocenters. The van der Waals surface area contributed by atoms with E-state index in [2.05, 4.69) is 15.6 Å². The maximum absolute atomic E-state index is 14.1. The highest BCUT2D eigenvalue weighted by atomic mass is 16.5. The normalized spacial score (nSPS) is 24.2. The fourth-order valence-electron chi connectivity index (χ4n) is 6.75. The molecule has 3 unspecified atom stereocenters. The number of benzene rings is 2. The standard InChI is InChI=1S/C35H35N5O6/c1-6-34(5,43)25(41)15-19-13-18-11-12-24-22(14-18)35(21-9-7-8-10-23(21)38-32(35)45-24)28-26(30-37-20(16-36)17-44-30)39-31(46-28)27(33(2,3)4)40-29(19)42/h7-12,14,17,19,27,32,38,43H,6,13,15H2,1-5H3,(H,40,42)/t19?,27-,32+,34?,35?/m1/s1. The number of nitrogens with one attached hydrogen (secondary N) is 2. The van der Waals surface area contributed by atoms with Gasteiger partial charge in [0.25, 0.3) is 0 Å². The van der Waals surface area contributed by atoms with Crippen molar-refractivity contribution in [2.75, 3.05) is 5.32 Å². The first-order valence-corrected chi connectivity index (χ1v) is 15.5. The van der Waals surface area contributed by atoms with Gasteiger partial charge in [-0.1, -0.05) is 58.0 Å². The molecule has 3 aliphatic heterocycles. The molecule has 4 aromatic rings. The first kappa shape index (κ1) is 29.7. The second-order valence-corrected chi connectivity index (χ2v) is 13.7. The summed E-state index contributed by atoms with van der Waals surface area (Å²) < 4.78 is 19.2. The summed E-state index contributed by atoms with van der Waals surface area (Å²) in [6, 6.07) is 14.9. The smallest absolute Gasteiger partial charge is 0.250 e. The Morgan fingerprint density at radius 2 is 1.91 bits per heavy atom. The van der Waals surface area contributed by atoms with E-state index in [1.165, 1.54) is 13.2 Å². The minimum absolute atomic E-state index is 0.0870. The molecule has 236 valence electrons. The van der Waals surface area contributed by atoms with Crippen molar-refractivity contribution in [3.05, 3.63) is 82.8 Å². The maximum atomic E-state index is 14.1. The van der Waals surface area contributed by atoms with E-state index in [-0.39, 0.29) is 48.3 Å². The van der Waals surface area contributed by atoms with Crippen LogP contribution >= 0.6 is 0 Å². The number of aliphatic hydroxyl groups is 1. The number of rotatable bonds is 5. The number of anilines is 1. The summed E-state index contributed by atoms with van der Waals surface area (Å²) in [7, 11) is 0. The number of aromatic nitrogens is 2. The lowest BCUT2D eigenvalue weighted by Crippen LogP contribution is -2.43. The lowest BCUT2D eigenvalue weighted by Gasteiger charge is -2.32. The van der Waals surface area contributed by atoms with Crippen molar-refractivity contribution in [3.8, 4) is 23.4 Å². The molecule has 3 N–H and O–H groups in total. The monoisotopic (exact) mass is 621 g/mol. The van der Waals surface area contributed by atoms with E-state index < -0.39 is 40.4 Å². The van der Waals surface area contributed by atoms with Crippen LogP contribution in [0.1, 0.15) is 87.5 Å². The Labute approximate surface area is 266 Å². The third-order valence-electron chi connectivity index (χ3n) is 9.54. The van der Waals surface area contributed by atoms with Crippen LogP contribution in [0.4, 0.5) is 5.69 Å². The minimum Gasteiger partial charge on any atom is -0.469 e. The number of para-hydroxylation sites is 1. The van der Waals surface area contributed by atoms with Crippen LogP contribution < -0.4 is 15.4 Å². The van der Waals surface area contributed by atoms with Gasteiger partial charge in [-0.25, -0.2) is 4.98 Å². The number of nitrogens with zero attached hydrogens (tertiary/aromatic N) is 3. The first-order valence-electron chi connectivity index (χ1n) is 15.5. The minimum atomic E-state index is -1.56. The lowest BCUT2D eigenvalue weighted by molar-refractivity contribution is -0.140. The Kier molecular flexibility index (Phi) is 6.65. The predicted octanol–water partition coefficient (Wildman–Crippen LogP) is 5.18. The Morgan fingerprint density at radius 1 is 1.13 bits per heavy atom. The summed E-state index contributed by atoms with van der Waals surface area (Å²) in [6.45, 7) is 9.10. The van der Waals surface area contributed by atoms with Gasteiger partial charge in [-0.3, -0.25) is 9.59 Å². The number of hydrogen-bond donors (Lipinski definition) is 3. The van der Waals surface area contributed by atoms with E-state index in [1.807, 2.05) is 69.3 Å². The molecule has 46 heavy (non-hydrogen) atoms. The molecule has 0 aliphatic carbocycles. The number of ketones is 1. The molecule has 11 heteroatoms. The number of amides is 1. The maximum Gasteiger partial charge on any atom is 0.250 e. The van der Waals surface area contributed by atoms with Gasteiger partial charge in [0.2, 0.25) is 17.7 Å².